The zero-order valence-electron chi connectivity index (χ0n) is 9.44. The van der Waals surface area contributed by atoms with Gasteiger partial charge in [-0.3, -0.25) is 0 Å². The van der Waals surface area contributed by atoms with E-state index in [-0.39, 0.29) is 0 Å². The van der Waals surface area contributed by atoms with E-state index >= 15 is 0 Å². The summed E-state index contributed by atoms with van der Waals surface area (Å²) in [6.07, 6.45) is 9.73. The molecule has 2 aliphatic rings. The van der Waals surface area contributed by atoms with Crippen LogP contribution in [0.15, 0.2) is 0 Å². The number of rotatable bonds is 3. The minimum atomic E-state index is 0.457. The first kappa shape index (κ1) is 10.4. The van der Waals surface area contributed by atoms with Gasteiger partial charge >= 0.3 is 0 Å². The van der Waals surface area contributed by atoms with Gasteiger partial charge in [0.25, 0.3) is 0 Å². The summed E-state index contributed by atoms with van der Waals surface area (Å²) in [5.41, 5.74) is 0.457. The third-order valence-electron chi connectivity index (χ3n) is 3.89. The maximum absolute atomic E-state index is 3.77. The summed E-state index contributed by atoms with van der Waals surface area (Å²) in [6.45, 7) is 4.79. The Bertz CT molecular complexity index is 167. The van der Waals surface area contributed by atoms with Crippen LogP contribution in [0.4, 0.5) is 0 Å². The molecule has 0 spiro atoms. The van der Waals surface area contributed by atoms with Gasteiger partial charge in [-0.2, -0.15) is 0 Å². The Morgan fingerprint density at radius 2 is 2.00 bits per heavy atom. The molecule has 1 aliphatic heterocycles. The van der Waals surface area contributed by atoms with Gasteiger partial charge < -0.3 is 10.6 Å². The molecule has 1 saturated heterocycles. The van der Waals surface area contributed by atoms with Crippen molar-refractivity contribution in [3.05, 3.63) is 0 Å². The summed E-state index contributed by atoms with van der Waals surface area (Å²) in [6, 6.07) is 0.737. The van der Waals surface area contributed by atoms with Gasteiger partial charge in [-0.25, -0.2) is 0 Å². The Kier molecular flexibility index (Phi) is 3.45. The molecule has 82 valence electrons. The van der Waals surface area contributed by atoms with Crippen LogP contribution in [0.3, 0.4) is 0 Å². The highest BCUT2D eigenvalue weighted by Crippen LogP contribution is 2.28. The summed E-state index contributed by atoms with van der Waals surface area (Å²) in [5.74, 6) is 0. The Balaban J connectivity index is 1.70. The molecule has 2 nitrogen and oxygen atoms in total. The predicted molar refractivity (Wildman–Crippen MR) is 60.5 cm³/mol. The second kappa shape index (κ2) is 4.63. The molecule has 0 bridgehead atoms. The SMILES string of the molecule is CC1(NCC2CCCCN2)CCCC1. The summed E-state index contributed by atoms with van der Waals surface area (Å²) >= 11 is 0. The molecule has 1 heterocycles. The minimum Gasteiger partial charge on any atom is -0.313 e. The lowest BCUT2D eigenvalue weighted by atomic mass is 9.98. The zero-order valence-corrected chi connectivity index (χ0v) is 9.44. The molecule has 0 aromatic heterocycles. The van der Waals surface area contributed by atoms with Crippen LogP contribution in [0.5, 0.6) is 0 Å². The van der Waals surface area contributed by atoms with Crippen molar-refractivity contribution >= 4 is 0 Å². The third kappa shape index (κ3) is 2.71. The number of nitrogens with one attached hydrogen (secondary N) is 2. The van der Waals surface area contributed by atoms with E-state index in [0.29, 0.717) is 5.54 Å². The lowest BCUT2D eigenvalue weighted by Crippen LogP contribution is -2.48. The number of hydrogen-bond acceptors (Lipinski definition) is 2. The Morgan fingerprint density at radius 1 is 1.21 bits per heavy atom. The number of hydrogen-bond donors (Lipinski definition) is 2. The van der Waals surface area contributed by atoms with Crippen molar-refractivity contribution < 1.29 is 0 Å². The van der Waals surface area contributed by atoms with Crippen molar-refractivity contribution in [3.63, 3.8) is 0 Å². The standard InChI is InChI=1S/C12H24N2/c1-12(7-3-4-8-12)14-10-11-6-2-5-9-13-11/h11,13-14H,2-10H2,1H3. The topological polar surface area (TPSA) is 24.1 Å². The molecule has 1 saturated carbocycles. The largest absolute Gasteiger partial charge is 0.313 e. The van der Waals surface area contributed by atoms with Gasteiger partial charge in [-0.1, -0.05) is 19.3 Å². The fourth-order valence-electron chi connectivity index (χ4n) is 2.80. The van der Waals surface area contributed by atoms with Gasteiger partial charge in [-0.05, 0) is 39.2 Å². The molecule has 0 radical (unpaired) electrons. The molecule has 1 unspecified atom stereocenters. The van der Waals surface area contributed by atoms with Crippen LogP contribution in [-0.4, -0.2) is 24.7 Å². The molecular weight excluding hydrogens is 172 g/mol. The third-order valence-corrected chi connectivity index (χ3v) is 3.89. The summed E-state index contributed by atoms with van der Waals surface area (Å²) in [5, 5.41) is 7.36. The molecule has 0 aromatic rings. The average molecular weight is 196 g/mol. The first-order chi connectivity index (χ1) is 6.79. The van der Waals surface area contributed by atoms with Gasteiger partial charge in [0.15, 0.2) is 0 Å². The molecule has 2 N–H and O–H groups in total. The summed E-state index contributed by atoms with van der Waals surface area (Å²) in [7, 11) is 0. The van der Waals surface area contributed by atoms with E-state index in [0.717, 1.165) is 6.04 Å². The van der Waals surface area contributed by atoms with Crippen molar-refractivity contribution in [1.82, 2.24) is 10.6 Å². The lowest BCUT2D eigenvalue weighted by Gasteiger charge is -2.30. The van der Waals surface area contributed by atoms with Crippen molar-refractivity contribution in [2.75, 3.05) is 13.1 Å². The molecule has 0 amide bonds. The van der Waals surface area contributed by atoms with Gasteiger partial charge in [0.2, 0.25) is 0 Å². The Morgan fingerprint density at radius 3 is 2.64 bits per heavy atom. The Hall–Kier alpha value is -0.0800. The van der Waals surface area contributed by atoms with E-state index in [1.807, 2.05) is 0 Å². The lowest BCUT2D eigenvalue weighted by molar-refractivity contribution is 0.310. The van der Waals surface area contributed by atoms with Crippen LogP contribution >= 0.6 is 0 Å². The molecule has 1 atom stereocenters. The maximum Gasteiger partial charge on any atom is 0.0192 e. The second-order valence-electron chi connectivity index (χ2n) is 5.30. The molecule has 14 heavy (non-hydrogen) atoms. The highest BCUT2D eigenvalue weighted by Gasteiger charge is 2.28. The molecule has 2 rings (SSSR count). The van der Waals surface area contributed by atoms with E-state index in [2.05, 4.69) is 17.6 Å². The minimum absolute atomic E-state index is 0.457. The number of piperidine rings is 1. The average Bonchev–Trinajstić information content (AvgIpc) is 2.65. The second-order valence-corrected chi connectivity index (χ2v) is 5.30. The summed E-state index contributed by atoms with van der Waals surface area (Å²) < 4.78 is 0. The van der Waals surface area contributed by atoms with E-state index in [4.69, 9.17) is 0 Å². The van der Waals surface area contributed by atoms with E-state index in [9.17, 15) is 0 Å². The van der Waals surface area contributed by atoms with Gasteiger partial charge in [0.05, 0.1) is 0 Å². The van der Waals surface area contributed by atoms with E-state index in [1.165, 1.54) is 58.0 Å². The highest BCUT2D eigenvalue weighted by molar-refractivity contribution is 4.89. The van der Waals surface area contributed by atoms with Crippen molar-refractivity contribution in [2.24, 2.45) is 0 Å². The fraction of sp³-hybridized carbons (Fsp3) is 1.00. The quantitative estimate of drug-likeness (QED) is 0.722. The van der Waals surface area contributed by atoms with Crippen LogP contribution < -0.4 is 10.6 Å². The highest BCUT2D eigenvalue weighted by atomic mass is 15.0. The molecule has 2 fully saturated rings. The van der Waals surface area contributed by atoms with E-state index < -0.39 is 0 Å². The molecule has 0 aromatic carbocycles. The first-order valence-electron chi connectivity index (χ1n) is 6.27. The van der Waals surface area contributed by atoms with Crippen LogP contribution in [0, 0.1) is 0 Å². The molecule has 1 aliphatic carbocycles. The first-order valence-corrected chi connectivity index (χ1v) is 6.27. The normalized spacial score (nSPS) is 31.9. The monoisotopic (exact) mass is 196 g/mol. The van der Waals surface area contributed by atoms with Crippen LogP contribution in [0.2, 0.25) is 0 Å². The molecule has 2 heteroatoms. The van der Waals surface area contributed by atoms with Crippen LogP contribution in [0.25, 0.3) is 0 Å². The van der Waals surface area contributed by atoms with Crippen molar-refractivity contribution in [3.8, 4) is 0 Å². The molecular formula is C12H24N2. The summed E-state index contributed by atoms with van der Waals surface area (Å²) in [4.78, 5) is 0. The van der Waals surface area contributed by atoms with Crippen LogP contribution in [0.1, 0.15) is 51.9 Å². The Labute approximate surface area is 87.8 Å². The van der Waals surface area contributed by atoms with Gasteiger partial charge in [0, 0.05) is 18.1 Å². The zero-order chi connectivity index (χ0) is 9.86. The van der Waals surface area contributed by atoms with Crippen molar-refractivity contribution in [1.29, 1.82) is 0 Å². The predicted octanol–water partition coefficient (Wildman–Crippen LogP) is 2.05. The van der Waals surface area contributed by atoms with Crippen LogP contribution in [-0.2, 0) is 0 Å². The smallest absolute Gasteiger partial charge is 0.0192 e. The fourth-order valence-corrected chi connectivity index (χ4v) is 2.80. The van der Waals surface area contributed by atoms with Gasteiger partial charge in [0.1, 0.15) is 0 Å². The van der Waals surface area contributed by atoms with E-state index in [1.54, 1.807) is 0 Å². The maximum atomic E-state index is 3.77. The van der Waals surface area contributed by atoms with Crippen molar-refractivity contribution in [2.45, 2.75) is 63.5 Å². The van der Waals surface area contributed by atoms with Gasteiger partial charge in [-0.15, -0.1) is 0 Å².